The first-order valence-corrected chi connectivity index (χ1v) is 14.8. The minimum absolute atomic E-state index is 0.0545. The Bertz CT molecular complexity index is 1130. The molecule has 1 aromatic heterocycles. The van der Waals surface area contributed by atoms with Crippen molar-refractivity contribution >= 4 is 33.2 Å². The number of unbranched alkanes of at least 4 members (excludes halogenated alkanes) is 3. The first-order valence-electron chi connectivity index (χ1n) is 13.2. The molecule has 1 aliphatic carbocycles. The van der Waals surface area contributed by atoms with E-state index < -0.39 is 15.8 Å². The standard InChI is InChI=1S/C27H38N4O5S/c1-3-5-6-7-16-31(19-21-10-11-21)25-18-24(28-20-29-25)27(33)30-22-12-14-23(15-13-22)37(34,35)17-8-9-26(32)36-4-2/h12-15,18,20-21H,3-11,16-17,19H2,1-2H3,(H,30,33). The lowest BCUT2D eigenvalue weighted by molar-refractivity contribution is -0.143. The van der Waals surface area contributed by atoms with Crippen LogP contribution < -0.4 is 10.2 Å². The highest BCUT2D eigenvalue weighted by Gasteiger charge is 2.25. The topological polar surface area (TPSA) is 119 Å². The molecule has 10 heteroatoms. The van der Waals surface area contributed by atoms with E-state index in [2.05, 4.69) is 27.1 Å². The Labute approximate surface area is 219 Å². The first kappa shape index (κ1) is 28.6. The van der Waals surface area contributed by atoms with Crippen LogP contribution >= 0.6 is 0 Å². The monoisotopic (exact) mass is 530 g/mol. The average molecular weight is 531 g/mol. The van der Waals surface area contributed by atoms with Crippen molar-refractivity contribution in [2.75, 3.05) is 35.7 Å². The van der Waals surface area contributed by atoms with Gasteiger partial charge >= 0.3 is 5.97 Å². The van der Waals surface area contributed by atoms with Crippen LogP contribution in [0, 0.1) is 5.92 Å². The second kappa shape index (κ2) is 14.1. The quantitative estimate of drug-likeness (QED) is 0.246. The Morgan fingerprint density at radius 1 is 1.05 bits per heavy atom. The lowest BCUT2D eigenvalue weighted by Crippen LogP contribution is -2.28. The Kier molecular flexibility index (Phi) is 10.9. The lowest BCUT2D eigenvalue weighted by atomic mass is 10.2. The van der Waals surface area contributed by atoms with E-state index in [0.29, 0.717) is 11.6 Å². The third kappa shape index (κ3) is 9.42. The summed E-state index contributed by atoms with van der Waals surface area (Å²) in [7, 11) is -3.55. The van der Waals surface area contributed by atoms with E-state index in [1.54, 1.807) is 25.1 Å². The largest absolute Gasteiger partial charge is 0.466 e. The zero-order chi connectivity index (χ0) is 26.7. The van der Waals surface area contributed by atoms with E-state index in [-0.39, 0.29) is 41.7 Å². The number of nitrogens with one attached hydrogen (secondary N) is 1. The molecule has 0 unspecified atom stereocenters. The third-order valence-corrected chi connectivity index (χ3v) is 8.05. The Balaban J connectivity index is 1.59. The molecule has 0 spiro atoms. The number of hydrogen-bond donors (Lipinski definition) is 1. The maximum absolute atomic E-state index is 12.9. The van der Waals surface area contributed by atoms with Crippen LogP contribution in [0.1, 0.15) is 75.7 Å². The lowest BCUT2D eigenvalue weighted by Gasteiger charge is -2.24. The molecule has 1 amide bonds. The second-order valence-electron chi connectivity index (χ2n) is 9.42. The summed E-state index contributed by atoms with van der Waals surface area (Å²) >= 11 is 0. The number of nitrogens with zero attached hydrogens (tertiary/aromatic N) is 3. The van der Waals surface area contributed by atoms with Crippen molar-refractivity contribution in [2.24, 2.45) is 5.92 Å². The molecular weight excluding hydrogens is 492 g/mol. The summed E-state index contributed by atoms with van der Waals surface area (Å²) in [5, 5.41) is 2.78. The number of benzene rings is 1. The van der Waals surface area contributed by atoms with Crippen LogP contribution in [0.3, 0.4) is 0 Å². The number of esters is 1. The molecule has 202 valence electrons. The van der Waals surface area contributed by atoms with Crippen LogP contribution in [0.4, 0.5) is 11.5 Å². The van der Waals surface area contributed by atoms with E-state index in [1.165, 1.54) is 50.6 Å². The Hall–Kier alpha value is -3.01. The summed E-state index contributed by atoms with van der Waals surface area (Å²) in [5.74, 6) is 0.504. The third-order valence-electron chi connectivity index (χ3n) is 6.24. The van der Waals surface area contributed by atoms with Gasteiger partial charge in [-0.05, 0) is 62.8 Å². The number of carbonyl (C=O) groups is 2. The van der Waals surface area contributed by atoms with Crippen LogP contribution in [0.15, 0.2) is 41.6 Å². The van der Waals surface area contributed by atoms with Gasteiger partial charge in [0.1, 0.15) is 17.8 Å². The number of aromatic nitrogens is 2. The molecule has 1 heterocycles. The molecule has 1 aromatic carbocycles. The highest BCUT2D eigenvalue weighted by atomic mass is 32.2. The first-order chi connectivity index (χ1) is 17.8. The highest BCUT2D eigenvalue weighted by Crippen LogP contribution is 2.31. The Morgan fingerprint density at radius 2 is 1.81 bits per heavy atom. The molecule has 0 radical (unpaired) electrons. The predicted octanol–water partition coefficient (Wildman–Crippen LogP) is 4.64. The fourth-order valence-corrected chi connectivity index (χ4v) is 5.29. The molecule has 2 aromatic rings. The smallest absolute Gasteiger partial charge is 0.305 e. The van der Waals surface area contributed by atoms with Crippen molar-refractivity contribution in [3.63, 3.8) is 0 Å². The van der Waals surface area contributed by atoms with E-state index in [9.17, 15) is 18.0 Å². The van der Waals surface area contributed by atoms with E-state index in [0.717, 1.165) is 25.3 Å². The van der Waals surface area contributed by atoms with Gasteiger partial charge in [-0.15, -0.1) is 0 Å². The maximum atomic E-state index is 12.9. The van der Waals surface area contributed by atoms with Crippen molar-refractivity contribution < 1.29 is 22.7 Å². The number of sulfone groups is 1. The molecule has 0 saturated heterocycles. The summed E-state index contributed by atoms with van der Waals surface area (Å²) in [6, 6.07) is 7.72. The van der Waals surface area contributed by atoms with Gasteiger partial charge in [-0.1, -0.05) is 26.2 Å². The molecule has 1 fully saturated rings. The van der Waals surface area contributed by atoms with Crippen molar-refractivity contribution in [3.05, 3.63) is 42.4 Å². The SMILES string of the molecule is CCCCCCN(CC1CC1)c1cc(C(=O)Nc2ccc(S(=O)(=O)CCCC(=O)OCC)cc2)ncn1. The van der Waals surface area contributed by atoms with Gasteiger partial charge in [0.2, 0.25) is 0 Å². The van der Waals surface area contributed by atoms with Crippen molar-refractivity contribution in [1.82, 2.24) is 9.97 Å². The fourth-order valence-electron chi connectivity index (χ4n) is 3.98. The van der Waals surface area contributed by atoms with E-state index in [1.807, 2.05) is 0 Å². The zero-order valence-electron chi connectivity index (χ0n) is 21.8. The summed E-state index contributed by atoms with van der Waals surface area (Å²) in [6.07, 6.45) is 8.79. The van der Waals surface area contributed by atoms with Gasteiger partial charge < -0.3 is 15.0 Å². The molecule has 0 aliphatic heterocycles. The summed E-state index contributed by atoms with van der Waals surface area (Å²) in [6.45, 7) is 6.02. The van der Waals surface area contributed by atoms with Gasteiger partial charge in [0, 0.05) is 31.3 Å². The number of ether oxygens (including phenoxy) is 1. The summed E-state index contributed by atoms with van der Waals surface area (Å²) in [4.78, 5) is 35.3. The molecular formula is C27H38N4O5S. The van der Waals surface area contributed by atoms with Gasteiger partial charge in [-0.25, -0.2) is 18.4 Å². The number of carbonyl (C=O) groups excluding carboxylic acids is 2. The van der Waals surface area contributed by atoms with Crippen molar-refractivity contribution in [1.29, 1.82) is 0 Å². The van der Waals surface area contributed by atoms with E-state index in [4.69, 9.17) is 4.74 Å². The van der Waals surface area contributed by atoms with Gasteiger partial charge in [0.05, 0.1) is 17.3 Å². The van der Waals surface area contributed by atoms with Gasteiger partial charge in [0.15, 0.2) is 9.84 Å². The summed E-state index contributed by atoms with van der Waals surface area (Å²) in [5.41, 5.74) is 0.722. The normalized spacial score (nSPS) is 13.2. The molecule has 3 rings (SSSR count). The van der Waals surface area contributed by atoms with Crippen molar-refractivity contribution in [3.8, 4) is 0 Å². The number of anilines is 2. The highest BCUT2D eigenvalue weighted by molar-refractivity contribution is 7.91. The molecule has 37 heavy (non-hydrogen) atoms. The van der Waals surface area contributed by atoms with Crippen LogP contribution in [0.2, 0.25) is 0 Å². The number of hydrogen-bond acceptors (Lipinski definition) is 8. The fraction of sp³-hybridized carbons (Fsp3) is 0.556. The van der Waals surface area contributed by atoms with Crippen LogP contribution in [0.25, 0.3) is 0 Å². The molecule has 1 N–H and O–H groups in total. The summed E-state index contributed by atoms with van der Waals surface area (Å²) < 4.78 is 29.9. The predicted molar refractivity (Wildman–Crippen MR) is 143 cm³/mol. The molecule has 1 saturated carbocycles. The molecule has 0 atom stereocenters. The van der Waals surface area contributed by atoms with Crippen LogP contribution in [-0.4, -0.2) is 55.7 Å². The zero-order valence-corrected chi connectivity index (χ0v) is 22.6. The number of rotatable bonds is 16. The Morgan fingerprint density at radius 3 is 2.49 bits per heavy atom. The molecule has 0 bridgehead atoms. The minimum Gasteiger partial charge on any atom is -0.466 e. The minimum atomic E-state index is -3.55. The number of amides is 1. The van der Waals surface area contributed by atoms with Crippen LogP contribution in [0.5, 0.6) is 0 Å². The second-order valence-corrected chi connectivity index (χ2v) is 11.5. The van der Waals surface area contributed by atoms with Crippen LogP contribution in [-0.2, 0) is 19.4 Å². The molecule has 9 nitrogen and oxygen atoms in total. The van der Waals surface area contributed by atoms with Gasteiger partial charge in [-0.3, -0.25) is 9.59 Å². The maximum Gasteiger partial charge on any atom is 0.305 e. The van der Waals surface area contributed by atoms with Crippen molar-refractivity contribution in [2.45, 2.75) is 70.1 Å². The average Bonchev–Trinajstić information content (AvgIpc) is 3.70. The van der Waals surface area contributed by atoms with Gasteiger partial charge in [-0.2, -0.15) is 0 Å². The van der Waals surface area contributed by atoms with Gasteiger partial charge in [0.25, 0.3) is 5.91 Å². The molecule has 1 aliphatic rings. The van der Waals surface area contributed by atoms with E-state index >= 15 is 0 Å².